The van der Waals surface area contributed by atoms with E-state index < -0.39 is 0 Å². The Hall–Kier alpha value is -3.55. The molecule has 3 N–H and O–H groups in total. The fourth-order valence-corrected chi connectivity index (χ4v) is 4.70. The molecular formula is C29H33N5O2. The number of hydrogen-bond donors (Lipinski definition) is 3. The Morgan fingerprint density at radius 2 is 1.75 bits per heavy atom. The molecular weight excluding hydrogens is 450 g/mol. The van der Waals surface area contributed by atoms with Crippen LogP contribution in [-0.4, -0.2) is 41.2 Å². The van der Waals surface area contributed by atoms with Gasteiger partial charge in [0.25, 0.3) is 5.56 Å². The first-order valence-corrected chi connectivity index (χ1v) is 12.8. The molecule has 2 aromatic carbocycles. The van der Waals surface area contributed by atoms with Crippen LogP contribution in [0.3, 0.4) is 0 Å². The molecule has 7 heteroatoms. The fourth-order valence-electron chi connectivity index (χ4n) is 4.70. The number of aromatic nitrogens is 3. The molecule has 36 heavy (non-hydrogen) atoms. The van der Waals surface area contributed by atoms with Crippen molar-refractivity contribution in [3.63, 3.8) is 0 Å². The third-order valence-corrected chi connectivity index (χ3v) is 6.72. The number of nitrogens with zero attached hydrogens (tertiary/aromatic N) is 2. The highest BCUT2D eigenvalue weighted by atomic mass is 16.5. The number of pyridine rings is 1. The van der Waals surface area contributed by atoms with E-state index in [1.165, 1.54) is 24.0 Å². The summed E-state index contributed by atoms with van der Waals surface area (Å²) in [4.78, 5) is 24.9. The van der Waals surface area contributed by atoms with Gasteiger partial charge in [0, 0.05) is 19.2 Å². The van der Waals surface area contributed by atoms with Gasteiger partial charge in [-0.15, -0.1) is 0 Å². The molecule has 5 rings (SSSR count). The Balaban J connectivity index is 1.18. The molecule has 3 heterocycles. The summed E-state index contributed by atoms with van der Waals surface area (Å²) in [5.41, 5.74) is 3.86. The lowest BCUT2D eigenvalue weighted by molar-refractivity contribution is 0.319. The zero-order valence-electron chi connectivity index (χ0n) is 20.5. The van der Waals surface area contributed by atoms with Gasteiger partial charge in [0.1, 0.15) is 17.1 Å². The van der Waals surface area contributed by atoms with Crippen molar-refractivity contribution in [2.45, 2.75) is 32.2 Å². The monoisotopic (exact) mass is 483 g/mol. The summed E-state index contributed by atoms with van der Waals surface area (Å²) in [5.74, 6) is 2.10. The highest BCUT2D eigenvalue weighted by Gasteiger charge is 2.14. The van der Waals surface area contributed by atoms with Gasteiger partial charge in [-0.25, -0.2) is 4.98 Å². The molecule has 1 aliphatic heterocycles. The van der Waals surface area contributed by atoms with Crippen molar-refractivity contribution in [3.8, 4) is 5.75 Å². The summed E-state index contributed by atoms with van der Waals surface area (Å²) in [6.45, 7) is 4.14. The molecule has 0 aliphatic carbocycles. The van der Waals surface area contributed by atoms with E-state index in [2.05, 4.69) is 57.0 Å². The molecule has 0 bridgehead atoms. The van der Waals surface area contributed by atoms with Gasteiger partial charge < -0.3 is 20.4 Å². The number of benzene rings is 2. The average Bonchev–Trinajstić information content (AvgIpc) is 2.91. The number of ether oxygens (including phenoxy) is 1. The quantitative estimate of drug-likeness (QED) is 0.319. The molecule has 1 fully saturated rings. The Morgan fingerprint density at radius 1 is 0.972 bits per heavy atom. The standard InChI is InChI=1S/C29H33N5O2/c35-29-25-12-16-32-26(20-31-19-23-10-14-30-15-11-23)28(25)33-27(34-29)13-17-36-24-8-6-22(7-9-24)18-21-4-2-1-3-5-21/h1-9,12,16,23,30-31H,10-11,13-15,17-20H2,(H,33,34,35). The topological polar surface area (TPSA) is 91.9 Å². The first kappa shape index (κ1) is 24.2. The van der Waals surface area contributed by atoms with Crippen LogP contribution < -0.4 is 20.9 Å². The first-order valence-electron chi connectivity index (χ1n) is 12.8. The number of hydrogen-bond acceptors (Lipinski definition) is 6. The number of nitrogens with one attached hydrogen (secondary N) is 3. The van der Waals surface area contributed by atoms with Crippen LogP contribution in [0.4, 0.5) is 0 Å². The van der Waals surface area contributed by atoms with Crippen LogP contribution in [-0.2, 0) is 19.4 Å². The maximum absolute atomic E-state index is 12.7. The summed E-state index contributed by atoms with van der Waals surface area (Å²) < 4.78 is 5.93. The molecule has 0 amide bonds. The molecule has 0 atom stereocenters. The van der Waals surface area contributed by atoms with E-state index in [0.29, 0.717) is 42.2 Å². The lowest BCUT2D eigenvalue weighted by Gasteiger charge is -2.22. The van der Waals surface area contributed by atoms with E-state index >= 15 is 0 Å². The van der Waals surface area contributed by atoms with Crippen LogP contribution in [0, 0.1) is 5.92 Å². The normalized spacial score (nSPS) is 14.2. The van der Waals surface area contributed by atoms with Crippen LogP contribution in [0.15, 0.2) is 71.7 Å². The minimum absolute atomic E-state index is 0.137. The van der Waals surface area contributed by atoms with Crippen molar-refractivity contribution in [1.82, 2.24) is 25.6 Å². The lowest BCUT2D eigenvalue weighted by atomic mass is 9.98. The van der Waals surface area contributed by atoms with Crippen molar-refractivity contribution in [3.05, 3.63) is 99.9 Å². The number of H-pyrrole nitrogens is 1. The van der Waals surface area contributed by atoms with Crippen LogP contribution in [0.5, 0.6) is 5.75 Å². The van der Waals surface area contributed by atoms with E-state index in [1.807, 2.05) is 18.2 Å². The Labute approximate surface area is 211 Å². The van der Waals surface area contributed by atoms with Crippen LogP contribution in [0.25, 0.3) is 10.9 Å². The molecule has 2 aromatic heterocycles. The van der Waals surface area contributed by atoms with Crippen molar-refractivity contribution in [2.24, 2.45) is 5.92 Å². The Kier molecular flexibility index (Phi) is 8.00. The third-order valence-electron chi connectivity index (χ3n) is 6.72. The van der Waals surface area contributed by atoms with Crippen molar-refractivity contribution >= 4 is 10.9 Å². The van der Waals surface area contributed by atoms with Crippen LogP contribution in [0.2, 0.25) is 0 Å². The zero-order valence-corrected chi connectivity index (χ0v) is 20.5. The molecule has 0 radical (unpaired) electrons. The SMILES string of the molecule is O=c1[nH]c(CCOc2ccc(Cc3ccccc3)cc2)nc2c(CNCC3CCNCC3)nccc12. The maximum Gasteiger partial charge on any atom is 0.258 e. The molecule has 1 saturated heterocycles. The largest absolute Gasteiger partial charge is 0.493 e. The second-order valence-corrected chi connectivity index (χ2v) is 9.40. The Morgan fingerprint density at radius 3 is 2.56 bits per heavy atom. The molecule has 0 saturated carbocycles. The van der Waals surface area contributed by atoms with Gasteiger partial charge in [0.2, 0.25) is 0 Å². The summed E-state index contributed by atoms with van der Waals surface area (Å²) in [6, 6.07) is 20.3. The summed E-state index contributed by atoms with van der Waals surface area (Å²) >= 11 is 0. The molecule has 7 nitrogen and oxygen atoms in total. The van der Waals surface area contributed by atoms with E-state index in [-0.39, 0.29) is 5.56 Å². The highest BCUT2D eigenvalue weighted by Crippen LogP contribution is 2.16. The van der Waals surface area contributed by atoms with Gasteiger partial charge in [0.15, 0.2) is 0 Å². The van der Waals surface area contributed by atoms with Gasteiger partial charge in [0.05, 0.1) is 17.7 Å². The minimum Gasteiger partial charge on any atom is -0.493 e. The van der Waals surface area contributed by atoms with Crippen LogP contribution >= 0.6 is 0 Å². The van der Waals surface area contributed by atoms with Gasteiger partial charge in [-0.3, -0.25) is 9.78 Å². The highest BCUT2D eigenvalue weighted by molar-refractivity contribution is 5.79. The number of fused-ring (bicyclic) bond motifs is 1. The van der Waals surface area contributed by atoms with Gasteiger partial charge >= 0.3 is 0 Å². The zero-order chi connectivity index (χ0) is 24.6. The minimum atomic E-state index is -0.137. The lowest BCUT2D eigenvalue weighted by Crippen LogP contribution is -2.33. The summed E-state index contributed by atoms with van der Waals surface area (Å²) in [6.07, 6.45) is 5.47. The molecule has 186 valence electrons. The number of rotatable bonds is 10. The third kappa shape index (κ3) is 6.36. The smallest absolute Gasteiger partial charge is 0.258 e. The number of piperidine rings is 1. The van der Waals surface area contributed by atoms with E-state index in [1.54, 1.807) is 12.3 Å². The van der Waals surface area contributed by atoms with Crippen molar-refractivity contribution in [2.75, 3.05) is 26.2 Å². The van der Waals surface area contributed by atoms with Crippen molar-refractivity contribution in [1.29, 1.82) is 0 Å². The second kappa shape index (κ2) is 11.9. The van der Waals surface area contributed by atoms with Crippen molar-refractivity contribution < 1.29 is 4.74 Å². The summed E-state index contributed by atoms with van der Waals surface area (Å²) in [5, 5.41) is 7.49. The Bertz CT molecular complexity index is 1320. The van der Waals surface area contributed by atoms with Crippen LogP contribution in [0.1, 0.15) is 35.5 Å². The fraction of sp³-hybridized carbons (Fsp3) is 0.345. The van der Waals surface area contributed by atoms with Gasteiger partial charge in [-0.2, -0.15) is 0 Å². The second-order valence-electron chi connectivity index (χ2n) is 9.40. The summed E-state index contributed by atoms with van der Waals surface area (Å²) in [7, 11) is 0. The maximum atomic E-state index is 12.7. The van der Waals surface area contributed by atoms with Gasteiger partial charge in [-0.1, -0.05) is 42.5 Å². The predicted octanol–water partition coefficient (Wildman–Crippen LogP) is 3.62. The van der Waals surface area contributed by atoms with E-state index in [0.717, 1.165) is 37.5 Å². The molecule has 4 aromatic rings. The van der Waals surface area contributed by atoms with E-state index in [9.17, 15) is 4.79 Å². The molecule has 1 aliphatic rings. The van der Waals surface area contributed by atoms with E-state index in [4.69, 9.17) is 9.72 Å². The average molecular weight is 484 g/mol. The predicted molar refractivity (Wildman–Crippen MR) is 142 cm³/mol. The first-order chi connectivity index (χ1) is 17.7. The van der Waals surface area contributed by atoms with Gasteiger partial charge in [-0.05, 0) is 74.1 Å². The molecule has 0 unspecified atom stereocenters. The number of aromatic amines is 1. The molecule has 0 spiro atoms.